The third kappa shape index (κ3) is 10.9. The lowest BCUT2D eigenvalue weighted by Gasteiger charge is -2.59. The first-order chi connectivity index (χ1) is 32.1. The largest absolute Gasteiger partial charge is 0.460 e. The monoisotopic (exact) mass is 937 g/mol. The molecule has 7 rings (SSSR count). The number of aliphatic hydroxyl groups is 2. The van der Waals surface area contributed by atoms with Gasteiger partial charge in [-0.15, -0.1) is 18.3 Å². The van der Waals surface area contributed by atoms with Crippen LogP contribution >= 0.6 is 11.8 Å². The molecule has 1 aliphatic heterocycles. The van der Waals surface area contributed by atoms with Gasteiger partial charge in [-0.2, -0.15) is 4.31 Å². The molecule has 1 heterocycles. The summed E-state index contributed by atoms with van der Waals surface area (Å²) in [5, 5.41) is 27.6. The summed E-state index contributed by atoms with van der Waals surface area (Å²) in [6, 6.07) is 28.8. The first kappa shape index (κ1) is 49.0. The number of carbonyl (C=O) groups is 1. The Hall–Kier alpha value is -4.96. The molecular weight excluding hydrogens is 875 g/mol. The molecule has 0 saturated heterocycles. The van der Waals surface area contributed by atoms with Gasteiger partial charge in [-0.05, 0) is 128 Å². The molecule has 4 aromatic carbocycles. The van der Waals surface area contributed by atoms with Gasteiger partial charge in [-0.1, -0.05) is 67.4 Å². The van der Waals surface area contributed by atoms with Crippen LogP contribution in [0.3, 0.4) is 0 Å². The molecular formula is C52H63N3O9S2. The number of rotatable bonds is 23. The number of anilines is 1. The first-order valence-corrected chi connectivity index (χ1v) is 25.7. The Labute approximate surface area is 394 Å². The Bertz CT molecular complexity index is 2430. The van der Waals surface area contributed by atoms with Crippen molar-refractivity contribution < 1.29 is 42.5 Å². The Balaban J connectivity index is 1.45. The van der Waals surface area contributed by atoms with E-state index in [1.54, 1.807) is 30.0 Å². The highest BCUT2D eigenvalue weighted by molar-refractivity contribution is 7.98. The van der Waals surface area contributed by atoms with E-state index in [2.05, 4.69) is 24.0 Å². The SMILES string of the molecule is C=CCO[C@@]12Oc3ccc(Oc4ccc(SC)cc4)cc3[C@H]3[C@H](CCCCO)[C@@H](CCCCO)C=C(C(=NOCc4ccccc4)C[C@@H]1N(CCC)S(=O)(=O)c1ccc(NC(C)=O)cc1)[C@H]32. The third-order valence-corrected chi connectivity index (χ3v) is 15.4. The van der Waals surface area contributed by atoms with Crippen LogP contribution in [0.2, 0.25) is 0 Å². The summed E-state index contributed by atoms with van der Waals surface area (Å²) in [5.41, 5.74) is 3.80. The summed E-state index contributed by atoms with van der Waals surface area (Å²) in [5.74, 6) is -0.870. The number of amides is 1. The molecule has 0 unspecified atom stereocenters. The second-order valence-corrected chi connectivity index (χ2v) is 19.9. The maximum atomic E-state index is 15.3. The minimum absolute atomic E-state index is 0.0164. The van der Waals surface area contributed by atoms with E-state index in [0.29, 0.717) is 47.9 Å². The Kier molecular flexibility index (Phi) is 16.8. The van der Waals surface area contributed by atoms with Gasteiger partial charge in [-0.3, -0.25) is 4.79 Å². The zero-order valence-electron chi connectivity index (χ0n) is 38.1. The fourth-order valence-corrected chi connectivity index (χ4v) is 12.1. The number of thioether (sulfide) groups is 1. The number of benzene rings is 4. The van der Waals surface area contributed by atoms with Crippen LogP contribution < -0.4 is 14.8 Å². The summed E-state index contributed by atoms with van der Waals surface area (Å²) in [4.78, 5) is 19.3. The van der Waals surface area contributed by atoms with Gasteiger partial charge >= 0.3 is 0 Å². The summed E-state index contributed by atoms with van der Waals surface area (Å²) >= 11 is 1.66. The number of nitrogens with zero attached hydrogens (tertiary/aromatic N) is 2. The Morgan fingerprint density at radius 1 is 0.970 bits per heavy atom. The van der Waals surface area contributed by atoms with E-state index >= 15 is 8.42 Å². The molecule has 0 spiro atoms. The molecule has 1 saturated carbocycles. The summed E-state index contributed by atoms with van der Waals surface area (Å²) in [7, 11) is -4.27. The number of oxime groups is 1. The van der Waals surface area contributed by atoms with Crippen LogP contribution in [-0.2, 0) is 31.0 Å². The summed E-state index contributed by atoms with van der Waals surface area (Å²) in [6.45, 7) is 7.91. The molecule has 1 fully saturated rings. The van der Waals surface area contributed by atoms with E-state index in [4.69, 9.17) is 24.2 Å². The second-order valence-electron chi connectivity index (χ2n) is 17.1. The zero-order valence-corrected chi connectivity index (χ0v) is 39.8. The second kappa shape index (κ2) is 22.7. The van der Waals surface area contributed by atoms with Gasteiger partial charge in [-0.25, -0.2) is 8.42 Å². The number of carbonyl (C=O) groups excluding carboxylic acids is 1. The van der Waals surface area contributed by atoms with Crippen LogP contribution in [0.4, 0.5) is 5.69 Å². The number of fused-ring (bicyclic) bond motifs is 2. The molecule has 352 valence electrons. The standard InChI is InChI=1S/C52H63N3O9S2/c1-5-28-55(66(59,60)43-25-18-39(19-26-43)53-36(3)58)49-34-47(54-62-35-37-14-8-7-9-15-37)45-32-38(16-10-12-29-56)44(17-11-13-30-57)50-46-33-41(63-40-20-23-42(65-4)24-21-40)22-27-48(46)64-52(49,51(45)50)61-31-6-2/h6-9,14-15,18-27,32-33,38,44,49-51,56-57H,2,5,10-13,16-17,28-31,34-35H2,1,3-4H3,(H,53,58)/t38-,44+,49-,50+,51+,52+/m0/s1. The number of allylic oxidation sites excluding steroid dienone is 1. The van der Waals surface area contributed by atoms with E-state index in [1.165, 1.54) is 23.4 Å². The fraction of sp³-hybridized carbons (Fsp3) is 0.423. The molecule has 0 aromatic heterocycles. The van der Waals surface area contributed by atoms with E-state index in [9.17, 15) is 15.0 Å². The predicted molar refractivity (Wildman–Crippen MR) is 259 cm³/mol. The summed E-state index contributed by atoms with van der Waals surface area (Å²) in [6.07, 6.45) is 10.9. The van der Waals surface area contributed by atoms with Crippen molar-refractivity contribution in [2.75, 3.05) is 37.9 Å². The van der Waals surface area contributed by atoms with Gasteiger partial charge < -0.3 is 34.6 Å². The van der Waals surface area contributed by atoms with E-state index in [1.807, 2.05) is 79.9 Å². The third-order valence-electron chi connectivity index (χ3n) is 12.8. The fourth-order valence-electron chi connectivity index (χ4n) is 9.94. The van der Waals surface area contributed by atoms with Crippen LogP contribution in [-0.4, -0.2) is 79.0 Å². The molecule has 0 radical (unpaired) electrons. The molecule has 14 heteroatoms. The van der Waals surface area contributed by atoms with Gasteiger partial charge in [0.25, 0.3) is 0 Å². The van der Waals surface area contributed by atoms with E-state index < -0.39 is 27.8 Å². The lowest BCUT2D eigenvalue weighted by molar-refractivity contribution is -0.251. The van der Waals surface area contributed by atoms with Crippen molar-refractivity contribution >= 4 is 39.1 Å². The van der Waals surface area contributed by atoms with Gasteiger partial charge in [0.05, 0.1) is 29.2 Å². The number of sulfonamides is 1. The molecule has 6 atom stereocenters. The molecule has 3 N–H and O–H groups in total. The van der Waals surface area contributed by atoms with Crippen molar-refractivity contribution in [1.82, 2.24) is 4.31 Å². The number of aliphatic hydroxyl groups excluding tert-OH is 2. The average Bonchev–Trinajstić information content (AvgIpc) is 3.32. The molecule has 66 heavy (non-hydrogen) atoms. The van der Waals surface area contributed by atoms with Crippen molar-refractivity contribution in [3.05, 3.63) is 132 Å². The van der Waals surface area contributed by atoms with Crippen LogP contribution in [0.25, 0.3) is 0 Å². The smallest absolute Gasteiger partial charge is 0.243 e. The highest BCUT2D eigenvalue weighted by atomic mass is 32.2. The van der Waals surface area contributed by atoms with Crippen molar-refractivity contribution in [3.8, 4) is 17.2 Å². The highest BCUT2D eigenvalue weighted by Crippen LogP contribution is 2.62. The van der Waals surface area contributed by atoms with E-state index in [0.717, 1.165) is 47.3 Å². The van der Waals surface area contributed by atoms with Gasteiger partial charge in [0.1, 0.15) is 23.9 Å². The lowest BCUT2D eigenvalue weighted by atomic mass is 9.55. The minimum Gasteiger partial charge on any atom is -0.460 e. The number of hydrogen-bond acceptors (Lipinski definition) is 11. The van der Waals surface area contributed by atoms with Gasteiger partial charge in [0.2, 0.25) is 21.7 Å². The van der Waals surface area contributed by atoms with Gasteiger partial charge in [0.15, 0.2) is 0 Å². The normalized spacial score (nSPS) is 22.7. The Morgan fingerprint density at radius 3 is 2.35 bits per heavy atom. The quantitative estimate of drug-likeness (QED) is 0.0283. The van der Waals surface area contributed by atoms with Crippen molar-refractivity contribution in [3.63, 3.8) is 0 Å². The zero-order chi connectivity index (χ0) is 46.7. The molecule has 2 aliphatic carbocycles. The maximum Gasteiger partial charge on any atom is 0.243 e. The molecule has 0 bridgehead atoms. The molecule has 12 nitrogen and oxygen atoms in total. The van der Waals surface area contributed by atoms with Crippen LogP contribution in [0, 0.1) is 17.8 Å². The van der Waals surface area contributed by atoms with Crippen LogP contribution in [0.5, 0.6) is 17.2 Å². The maximum absolute atomic E-state index is 15.3. The summed E-state index contributed by atoms with van der Waals surface area (Å²) < 4.78 is 53.1. The highest BCUT2D eigenvalue weighted by Gasteiger charge is 2.66. The number of hydrogen-bond donors (Lipinski definition) is 3. The number of nitrogens with one attached hydrogen (secondary N) is 1. The molecule has 1 amide bonds. The topological polar surface area (TPSA) is 156 Å². The first-order valence-electron chi connectivity index (χ1n) is 23.0. The van der Waals surface area contributed by atoms with Crippen LogP contribution in [0.15, 0.2) is 136 Å². The average molecular weight is 938 g/mol. The predicted octanol–water partition coefficient (Wildman–Crippen LogP) is 10.1. The van der Waals surface area contributed by atoms with Crippen molar-refractivity contribution in [2.24, 2.45) is 22.9 Å². The minimum atomic E-state index is -4.27. The van der Waals surface area contributed by atoms with Gasteiger partial charge in [0, 0.05) is 55.2 Å². The van der Waals surface area contributed by atoms with Crippen molar-refractivity contribution in [2.45, 2.75) is 99.4 Å². The number of ether oxygens (including phenoxy) is 3. The van der Waals surface area contributed by atoms with Crippen LogP contribution in [0.1, 0.15) is 82.3 Å². The van der Waals surface area contributed by atoms with Crippen molar-refractivity contribution in [1.29, 1.82) is 0 Å². The Morgan fingerprint density at radius 2 is 1.68 bits per heavy atom. The number of unbranched alkanes of at least 4 members (excludes halogenated alkanes) is 2. The lowest BCUT2D eigenvalue weighted by Crippen LogP contribution is -2.70. The molecule has 3 aliphatic rings. The molecule has 4 aromatic rings. The van der Waals surface area contributed by atoms with E-state index in [-0.39, 0.29) is 67.9 Å².